The van der Waals surface area contributed by atoms with E-state index in [1.807, 2.05) is 12.1 Å². The van der Waals surface area contributed by atoms with Gasteiger partial charge >= 0.3 is 5.69 Å². The Bertz CT molecular complexity index is 797. The fourth-order valence-corrected chi connectivity index (χ4v) is 2.24. The third-order valence-electron chi connectivity index (χ3n) is 3.32. The number of aromatic amines is 2. The van der Waals surface area contributed by atoms with Crippen LogP contribution in [0.25, 0.3) is 11.0 Å². The highest BCUT2D eigenvalue weighted by molar-refractivity contribution is 5.82. The van der Waals surface area contributed by atoms with Crippen LogP contribution in [0.4, 0.5) is 0 Å². The molecule has 0 aliphatic carbocycles. The smallest absolute Gasteiger partial charge is 0.340 e. The van der Waals surface area contributed by atoms with Crippen LogP contribution in [0.1, 0.15) is 22.7 Å². The van der Waals surface area contributed by atoms with Crippen molar-refractivity contribution >= 4 is 11.0 Å². The van der Waals surface area contributed by atoms with Gasteiger partial charge < -0.3 is 9.73 Å². The molecule has 3 N–H and O–H groups in total. The first-order valence-corrected chi connectivity index (χ1v) is 6.46. The third kappa shape index (κ3) is 2.37. The zero-order valence-electron chi connectivity index (χ0n) is 11.4. The van der Waals surface area contributed by atoms with Crippen molar-refractivity contribution in [2.75, 3.05) is 0 Å². The van der Waals surface area contributed by atoms with Gasteiger partial charge in [0.2, 0.25) is 0 Å². The SMILES string of the molecule is Cc1ccc2oc(CNCc3n[nH]c(=O)[nH]3)c(C)c2c1. The summed E-state index contributed by atoms with van der Waals surface area (Å²) in [6.07, 6.45) is 0. The number of nitrogens with one attached hydrogen (secondary N) is 3. The van der Waals surface area contributed by atoms with E-state index in [2.05, 4.69) is 40.4 Å². The van der Waals surface area contributed by atoms with Crippen LogP contribution >= 0.6 is 0 Å². The summed E-state index contributed by atoms with van der Waals surface area (Å²) in [6.45, 7) is 5.19. The van der Waals surface area contributed by atoms with Crippen molar-refractivity contribution < 1.29 is 4.42 Å². The first kappa shape index (κ1) is 12.7. The van der Waals surface area contributed by atoms with Crippen LogP contribution < -0.4 is 11.0 Å². The summed E-state index contributed by atoms with van der Waals surface area (Å²) >= 11 is 0. The molecule has 6 heteroatoms. The molecule has 2 aromatic heterocycles. The Kier molecular flexibility index (Phi) is 3.15. The Morgan fingerprint density at radius 1 is 1.30 bits per heavy atom. The molecular weight excluding hydrogens is 256 g/mol. The molecule has 0 saturated carbocycles. The van der Waals surface area contributed by atoms with Crippen molar-refractivity contribution in [3.8, 4) is 0 Å². The lowest BCUT2D eigenvalue weighted by molar-refractivity contribution is 0.506. The zero-order valence-corrected chi connectivity index (χ0v) is 11.4. The molecule has 6 nitrogen and oxygen atoms in total. The van der Waals surface area contributed by atoms with E-state index in [-0.39, 0.29) is 5.69 Å². The number of H-pyrrole nitrogens is 2. The molecule has 0 fully saturated rings. The second-order valence-corrected chi connectivity index (χ2v) is 4.88. The molecule has 0 aliphatic rings. The largest absolute Gasteiger partial charge is 0.459 e. The average Bonchev–Trinajstić information content (AvgIpc) is 2.96. The van der Waals surface area contributed by atoms with Gasteiger partial charge in [0.1, 0.15) is 17.2 Å². The van der Waals surface area contributed by atoms with E-state index in [0.717, 1.165) is 22.3 Å². The van der Waals surface area contributed by atoms with Gasteiger partial charge in [0.25, 0.3) is 0 Å². The Hall–Kier alpha value is -2.34. The Balaban J connectivity index is 1.74. The molecule has 3 aromatic rings. The van der Waals surface area contributed by atoms with E-state index in [1.165, 1.54) is 5.56 Å². The van der Waals surface area contributed by atoms with Gasteiger partial charge in [-0.3, -0.25) is 4.98 Å². The highest BCUT2D eigenvalue weighted by Crippen LogP contribution is 2.26. The van der Waals surface area contributed by atoms with Gasteiger partial charge in [-0.25, -0.2) is 9.89 Å². The highest BCUT2D eigenvalue weighted by atomic mass is 16.3. The molecule has 0 spiro atoms. The molecule has 0 bridgehead atoms. The Morgan fingerprint density at radius 2 is 2.15 bits per heavy atom. The van der Waals surface area contributed by atoms with E-state index in [9.17, 15) is 4.79 Å². The van der Waals surface area contributed by atoms with Crippen molar-refractivity contribution in [3.63, 3.8) is 0 Å². The lowest BCUT2D eigenvalue weighted by Crippen LogP contribution is -2.14. The van der Waals surface area contributed by atoms with Crippen LogP contribution in [0.3, 0.4) is 0 Å². The first-order chi connectivity index (χ1) is 9.63. The second-order valence-electron chi connectivity index (χ2n) is 4.88. The monoisotopic (exact) mass is 272 g/mol. The Labute approximate surface area is 115 Å². The molecule has 104 valence electrons. The zero-order chi connectivity index (χ0) is 14.1. The summed E-state index contributed by atoms with van der Waals surface area (Å²) in [7, 11) is 0. The lowest BCUT2D eigenvalue weighted by atomic mass is 10.1. The number of benzene rings is 1. The van der Waals surface area contributed by atoms with Gasteiger partial charge in [-0.1, -0.05) is 11.6 Å². The van der Waals surface area contributed by atoms with Crippen LogP contribution in [-0.2, 0) is 13.1 Å². The van der Waals surface area contributed by atoms with Gasteiger partial charge in [-0.2, -0.15) is 5.10 Å². The van der Waals surface area contributed by atoms with Gasteiger partial charge in [0, 0.05) is 5.39 Å². The van der Waals surface area contributed by atoms with E-state index in [4.69, 9.17) is 4.42 Å². The molecule has 3 rings (SSSR count). The summed E-state index contributed by atoms with van der Waals surface area (Å²) < 4.78 is 5.83. The van der Waals surface area contributed by atoms with E-state index in [1.54, 1.807) is 0 Å². The number of fused-ring (bicyclic) bond motifs is 1. The van der Waals surface area contributed by atoms with Gasteiger partial charge in [-0.15, -0.1) is 0 Å². The van der Waals surface area contributed by atoms with Crippen LogP contribution in [-0.4, -0.2) is 15.2 Å². The maximum atomic E-state index is 10.9. The fraction of sp³-hybridized carbons (Fsp3) is 0.286. The second kappa shape index (κ2) is 4.97. The van der Waals surface area contributed by atoms with Crippen molar-refractivity contribution in [1.82, 2.24) is 20.5 Å². The topological polar surface area (TPSA) is 86.7 Å². The molecule has 0 amide bonds. The standard InChI is InChI=1S/C14H16N4O2/c1-8-3-4-11-10(5-8)9(2)12(20-11)6-15-7-13-16-14(19)18-17-13/h3-5,15H,6-7H2,1-2H3,(H2,16,17,18,19). The van der Waals surface area contributed by atoms with E-state index < -0.39 is 0 Å². The highest BCUT2D eigenvalue weighted by Gasteiger charge is 2.10. The molecule has 0 aliphatic heterocycles. The predicted molar refractivity (Wildman–Crippen MR) is 75.4 cm³/mol. The van der Waals surface area contributed by atoms with Crippen LogP contribution in [0, 0.1) is 13.8 Å². The van der Waals surface area contributed by atoms with Crippen molar-refractivity contribution in [1.29, 1.82) is 0 Å². The van der Waals surface area contributed by atoms with Crippen molar-refractivity contribution in [2.24, 2.45) is 0 Å². The summed E-state index contributed by atoms with van der Waals surface area (Å²) in [5, 5.41) is 10.5. The summed E-state index contributed by atoms with van der Waals surface area (Å²) in [4.78, 5) is 13.5. The van der Waals surface area contributed by atoms with E-state index in [0.29, 0.717) is 18.9 Å². The number of aryl methyl sites for hydroxylation is 2. The maximum absolute atomic E-state index is 10.9. The summed E-state index contributed by atoms with van der Waals surface area (Å²) in [5.74, 6) is 1.49. The fourth-order valence-electron chi connectivity index (χ4n) is 2.24. The summed E-state index contributed by atoms with van der Waals surface area (Å²) in [5.41, 5.74) is 2.97. The minimum absolute atomic E-state index is 0.294. The first-order valence-electron chi connectivity index (χ1n) is 6.46. The molecular formula is C14H16N4O2. The molecule has 1 aromatic carbocycles. The van der Waals surface area contributed by atoms with Crippen LogP contribution in [0.15, 0.2) is 27.4 Å². The minimum Gasteiger partial charge on any atom is -0.459 e. The number of furan rings is 1. The summed E-state index contributed by atoms with van der Waals surface area (Å²) in [6, 6.07) is 6.16. The molecule has 0 radical (unpaired) electrons. The van der Waals surface area contributed by atoms with Crippen LogP contribution in [0.2, 0.25) is 0 Å². The van der Waals surface area contributed by atoms with Gasteiger partial charge in [0.15, 0.2) is 0 Å². The lowest BCUT2D eigenvalue weighted by Gasteiger charge is -2.00. The number of aromatic nitrogens is 3. The van der Waals surface area contributed by atoms with E-state index >= 15 is 0 Å². The Morgan fingerprint density at radius 3 is 2.90 bits per heavy atom. The quantitative estimate of drug-likeness (QED) is 0.675. The number of nitrogens with zero attached hydrogens (tertiary/aromatic N) is 1. The van der Waals surface area contributed by atoms with Crippen molar-refractivity contribution in [2.45, 2.75) is 26.9 Å². The molecule has 0 unspecified atom stereocenters. The molecule has 0 saturated heterocycles. The van der Waals surface area contributed by atoms with Gasteiger partial charge in [-0.05, 0) is 31.5 Å². The minimum atomic E-state index is -0.294. The number of hydrogen-bond donors (Lipinski definition) is 3. The average molecular weight is 272 g/mol. The number of rotatable bonds is 4. The molecule has 2 heterocycles. The normalized spacial score (nSPS) is 11.3. The van der Waals surface area contributed by atoms with Crippen molar-refractivity contribution in [3.05, 3.63) is 51.4 Å². The van der Waals surface area contributed by atoms with Crippen LogP contribution in [0.5, 0.6) is 0 Å². The maximum Gasteiger partial charge on any atom is 0.340 e. The molecule has 20 heavy (non-hydrogen) atoms. The third-order valence-corrected chi connectivity index (χ3v) is 3.32. The van der Waals surface area contributed by atoms with Gasteiger partial charge in [0.05, 0.1) is 13.1 Å². The predicted octanol–water partition coefficient (Wildman–Crippen LogP) is 1.75. The number of hydrogen-bond acceptors (Lipinski definition) is 4. The molecule has 0 atom stereocenters.